The first-order valence-electron chi connectivity index (χ1n) is 1.61. The van der Waals surface area contributed by atoms with Crippen LogP contribution in [0.25, 0.3) is 0 Å². The number of hydrogen-bond acceptors (Lipinski definition) is 1. The maximum atomic E-state index is 10.1. The highest BCUT2D eigenvalue weighted by Crippen LogP contribution is 1.78. The lowest BCUT2D eigenvalue weighted by Crippen LogP contribution is -1.86. The van der Waals surface area contributed by atoms with Crippen molar-refractivity contribution in [3.8, 4) is 22.8 Å². The van der Waals surface area contributed by atoms with Gasteiger partial charge in [0.1, 0.15) is 11.2 Å². The van der Waals surface area contributed by atoms with Gasteiger partial charge in [0, 0.05) is 6.92 Å². The Morgan fingerprint density at radius 3 is 2.43 bits per heavy atom. The molecular weight excluding hydrogens is 108 g/mol. The molecule has 0 saturated carbocycles. The molecule has 0 aliphatic heterocycles. The van der Waals surface area contributed by atoms with E-state index in [1.807, 2.05) is 5.25 Å². The summed E-state index contributed by atoms with van der Waals surface area (Å²) in [6.07, 6.45) is 4.71. The zero-order valence-electron chi connectivity index (χ0n) is 3.89. The molecule has 0 aromatic carbocycles. The Morgan fingerprint density at radius 2 is 2.29 bits per heavy atom. The molecule has 0 spiro atoms. The fourth-order valence-corrected chi connectivity index (χ4v) is 0.366. The molecule has 36 valence electrons. The summed E-state index contributed by atoms with van der Waals surface area (Å²) >= 11 is -1.36. The molecule has 0 bridgehead atoms. The molecule has 2 heteroatoms. The van der Waals surface area contributed by atoms with Crippen LogP contribution in [0.1, 0.15) is 6.92 Å². The zero-order valence-corrected chi connectivity index (χ0v) is 4.71. The van der Waals surface area contributed by atoms with Gasteiger partial charge >= 0.3 is 0 Å². The molecule has 1 unspecified atom stereocenters. The van der Waals surface area contributed by atoms with Crippen LogP contribution < -0.4 is 0 Å². The molecule has 0 heterocycles. The Morgan fingerprint density at radius 1 is 1.71 bits per heavy atom. The van der Waals surface area contributed by atoms with Gasteiger partial charge in [0.05, 0.1) is 0 Å². The Bertz CT molecular complexity index is 134. The van der Waals surface area contributed by atoms with Crippen LogP contribution in [0, 0.1) is 22.8 Å². The average molecular weight is 112 g/mol. The lowest BCUT2D eigenvalue weighted by Gasteiger charge is -1.82. The van der Waals surface area contributed by atoms with Crippen molar-refractivity contribution in [2.75, 3.05) is 0 Å². The van der Waals surface area contributed by atoms with E-state index in [1.165, 1.54) is 0 Å². The van der Waals surface area contributed by atoms with Crippen LogP contribution >= 0.6 is 0 Å². The largest absolute Gasteiger partial charge is 0.590 e. The minimum Gasteiger partial charge on any atom is -0.590 e. The maximum absolute atomic E-state index is 10.1. The smallest absolute Gasteiger partial charge is 0.166 e. The van der Waals surface area contributed by atoms with E-state index in [-0.39, 0.29) is 0 Å². The molecule has 0 fully saturated rings. The third-order valence-electron chi connectivity index (χ3n) is 0.302. The van der Waals surface area contributed by atoms with Crippen molar-refractivity contribution in [1.82, 2.24) is 0 Å². The summed E-state index contributed by atoms with van der Waals surface area (Å²) in [7, 11) is 0. The third-order valence-corrected chi connectivity index (χ3v) is 0.905. The molecule has 0 aliphatic carbocycles. The van der Waals surface area contributed by atoms with Crippen molar-refractivity contribution >= 4 is 11.2 Å². The van der Waals surface area contributed by atoms with Gasteiger partial charge in [-0.2, -0.15) is 0 Å². The summed E-state index contributed by atoms with van der Waals surface area (Å²) in [6.45, 7) is 1.59. The van der Waals surface area contributed by atoms with E-state index >= 15 is 0 Å². The van der Waals surface area contributed by atoms with Crippen molar-refractivity contribution in [2.24, 2.45) is 0 Å². The van der Waals surface area contributed by atoms with E-state index in [0.29, 0.717) is 0 Å². The number of rotatable bonds is 0. The van der Waals surface area contributed by atoms with Gasteiger partial charge in [-0.1, -0.05) is 6.42 Å². The van der Waals surface area contributed by atoms with Crippen LogP contribution in [0.15, 0.2) is 0 Å². The Labute approximate surface area is 46.3 Å². The lowest BCUT2D eigenvalue weighted by atomic mass is 10.9. The molecule has 0 aromatic heterocycles. The lowest BCUT2D eigenvalue weighted by molar-refractivity contribution is 0.614. The minimum atomic E-state index is -1.36. The predicted molar refractivity (Wildman–Crippen MR) is 30.4 cm³/mol. The van der Waals surface area contributed by atoms with Crippen LogP contribution in [-0.4, -0.2) is 4.55 Å². The fourth-order valence-electron chi connectivity index (χ4n) is 0.122. The van der Waals surface area contributed by atoms with E-state index in [9.17, 15) is 4.55 Å². The summed E-state index contributed by atoms with van der Waals surface area (Å²) in [5.74, 6) is 2.43. The molecule has 1 atom stereocenters. The molecule has 1 nitrogen and oxygen atoms in total. The van der Waals surface area contributed by atoms with Gasteiger partial charge in [0.2, 0.25) is 0 Å². The van der Waals surface area contributed by atoms with E-state index in [1.54, 1.807) is 6.92 Å². The quantitative estimate of drug-likeness (QED) is 0.326. The van der Waals surface area contributed by atoms with Gasteiger partial charge in [-0.05, 0) is 5.92 Å². The molecule has 0 radical (unpaired) electrons. The minimum absolute atomic E-state index is 1.36. The number of hydrogen-bond donors (Lipinski definition) is 0. The second-order valence-electron chi connectivity index (χ2n) is 0.739. The first-order valence-corrected chi connectivity index (χ1v) is 2.76. The highest BCUT2D eigenvalue weighted by atomic mass is 32.2. The van der Waals surface area contributed by atoms with Gasteiger partial charge in [-0.3, -0.25) is 0 Å². The molecule has 0 N–H and O–H groups in total. The van der Waals surface area contributed by atoms with Crippen LogP contribution in [0.5, 0.6) is 0 Å². The Hall–Kier alpha value is -0.570. The second kappa shape index (κ2) is 3.61. The van der Waals surface area contributed by atoms with E-state index in [2.05, 4.69) is 11.2 Å². The predicted octanol–water partition coefficient (Wildman–Crippen LogP) is 0.307. The van der Waals surface area contributed by atoms with Crippen LogP contribution in [0.4, 0.5) is 0 Å². The average Bonchev–Trinajstić information content (AvgIpc) is 1.68. The summed E-state index contributed by atoms with van der Waals surface area (Å²) in [6, 6.07) is 0. The first-order chi connectivity index (χ1) is 3.31. The normalized spacial score (nSPS) is 10.4. The summed E-state index contributed by atoms with van der Waals surface area (Å²) < 4.78 is 10.1. The van der Waals surface area contributed by atoms with Gasteiger partial charge in [-0.25, -0.2) is 0 Å². The Kier molecular flexibility index (Phi) is 3.32. The second-order valence-corrected chi connectivity index (χ2v) is 1.72. The van der Waals surface area contributed by atoms with Gasteiger partial charge in [0.15, 0.2) is 10.5 Å². The van der Waals surface area contributed by atoms with Crippen molar-refractivity contribution in [3.05, 3.63) is 0 Å². The maximum Gasteiger partial charge on any atom is 0.166 e. The van der Waals surface area contributed by atoms with Crippen molar-refractivity contribution < 1.29 is 4.55 Å². The SMILES string of the molecule is C#C[S+]([O-])C#CC. The summed E-state index contributed by atoms with van der Waals surface area (Å²) in [5.41, 5.74) is 0. The highest BCUT2D eigenvalue weighted by molar-refractivity contribution is 8.00. The molecule has 7 heavy (non-hydrogen) atoms. The van der Waals surface area contributed by atoms with E-state index in [4.69, 9.17) is 6.42 Å². The van der Waals surface area contributed by atoms with Crippen molar-refractivity contribution in [1.29, 1.82) is 0 Å². The third kappa shape index (κ3) is 3.26. The topological polar surface area (TPSA) is 23.1 Å². The van der Waals surface area contributed by atoms with Gasteiger partial charge < -0.3 is 4.55 Å². The first kappa shape index (κ1) is 6.43. The molecule has 0 rings (SSSR count). The number of terminal acetylenes is 1. The summed E-state index contributed by atoms with van der Waals surface area (Å²) in [5, 5.41) is 4.25. The van der Waals surface area contributed by atoms with Crippen LogP contribution in [0.3, 0.4) is 0 Å². The van der Waals surface area contributed by atoms with Crippen LogP contribution in [-0.2, 0) is 11.2 Å². The van der Waals surface area contributed by atoms with Crippen LogP contribution in [0.2, 0.25) is 0 Å². The summed E-state index contributed by atoms with van der Waals surface area (Å²) in [4.78, 5) is 0. The molecular formula is C5H4OS. The Balaban J connectivity index is 3.57. The van der Waals surface area contributed by atoms with E-state index in [0.717, 1.165) is 0 Å². The standard InChI is InChI=1S/C5H4OS/c1-3-5-7(6)4-2/h2H,1H3. The van der Waals surface area contributed by atoms with E-state index < -0.39 is 11.2 Å². The van der Waals surface area contributed by atoms with Crippen molar-refractivity contribution in [2.45, 2.75) is 6.92 Å². The van der Waals surface area contributed by atoms with Crippen molar-refractivity contribution in [3.63, 3.8) is 0 Å². The monoisotopic (exact) mass is 112 g/mol. The van der Waals surface area contributed by atoms with Gasteiger partial charge in [0.25, 0.3) is 0 Å². The highest BCUT2D eigenvalue weighted by Gasteiger charge is 1.87. The molecule has 0 amide bonds. The fraction of sp³-hybridized carbons (Fsp3) is 0.200. The zero-order chi connectivity index (χ0) is 5.70. The molecule has 0 saturated heterocycles. The molecule has 0 aromatic rings. The van der Waals surface area contributed by atoms with Gasteiger partial charge in [-0.15, -0.1) is 0 Å². The molecule has 0 aliphatic rings.